The molecular formula is C8H10ClFN2O. The maximum absolute atomic E-state index is 12.4. The molecule has 0 aliphatic heterocycles. The maximum Gasteiger partial charge on any atom is 0.123 e. The molecule has 0 radical (unpaired) electrons. The van der Waals surface area contributed by atoms with E-state index in [0.717, 1.165) is 0 Å². The fraction of sp³-hybridized carbons (Fsp3) is 0.250. The average molecular weight is 205 g/mol. The van der Waals surface area contributed by atoms with Gasteiger partial charge in [0.15, 0.2) is 0 Å². The number of ether oxygens (including phenoxy) is 1. The molecule has 13 heavy (non-hydrogen) atoms. The van der Waals surface area contributed by atoms with Crippen molar-refractivity contribution in [2.24, 2.45) is 5.73 Å². The molecular weight excluding hydrogens is 195 g/mol. The van der Waals surface area contributed by atoms with E-state index in [1.54, 1.807) is 0 Å². The lowest BCUT2D eigenvalue weighted by Gasteiger charge is -2.10. The van der Waals surface area contributed by atoms with E-state index in [4.69, 9.17) is 22.2 Å². The molecule has 0 aliphatic rings. The molecule has 1 aromatic carbocycles. The maximum atomic E-state index is 12.4. The third-order valence-electron chi connectivity index (χ3n) is 1.38. The molecule has 0 spiro atoms. The summed E-state index contributed by atoms with van der Waals surface area (Å²) in [5.41, 5.74) is 5.41. The molecule has 72 valence electrons. The van der Waals surface area contributed by atoms with Gasteiger partial charge in [-0.15, -0.1) is 0 Å². The van der Waals surface area contributed by atoms with Gasteiger partial charge in [-0.25, -0.2) is 9.23 Å². The highest BCUT2D eigenvalue weighted by Gasteiger charge is 2.00. The van der Waals surface area contributed by atoms with Crippen LogP contribution in [0.4, 0.5) is 4.39 Å². The van der Waals surface area contributed by atoms with Crippen LogP contribution in [0.2, 0.25) is 0 Å². The van der Waals surface area contributed by atoms with Crippen LogP contribution in [0.15, 0.2) is 24.3 Å². The Morgan fingerprint density at radius 1 is 1.46 bits per heavy atom. The summed E-state index contributed by atoms with van der Waals surface area (Å²) in [5.74, 6) is 0.260. The lowest BCUT2D eigenvalue weighted by Crippen LogP contribution is -2.37. The molecule has 1 atom stereocenters. The highest BCUT2D eigenvalue weighted by atomic mass is 35.5. The van der Waals surface area contributed by atoms with Gasteiger partial charge >= 0.3 is 0 Å². The first kappa shape index (κ1) is 10.2. The van der Waals surface area contributed by atoms with Crippen LogP contribution >= 0.6 is 11.8 Å². The van der Waals surface area contributed by atoms with Crippen molar-refractivity contribution in [1.29, 1.82) is 0 Å². The minimum absolute atomic E-state index is 0.231. The van der Waals surface area contributed by atoms with Crippen LogP contribution < -0.4 is 15.3 Å². The molecule has 1 rings (SSSR count). The van der Waals surface area contributed by atoms with Crippen LogP contribution in [0.5, 0.6) is 5.75 Å². The second-order valence-corrected chi connectivity index (χ2v) is 2.70. The Morgan fingerprint density at radius 3 is 2.62 bits per heavy atom. The molecule has 0 aliphatic carbocycles. The van der Waals surface area contributed by atoms with E-state index in [1.165, 1.54) is 24.3 Å². The quantitative estimate of drug-likeness (QED) is 0.573. The van der Waals surface area contributed by atoms with Gasteiger partial charge in [0.1, 0.15) is 24.3 Å². The van der Waals surface area contributed by atoms with Crippen molar-refractivity contribution in [3.05, 3.63) is 30.1 Å². The number of rotatable bonds is 4. The summed E-state index contributed by atoms with van der Waals surface area (Å²) in [4.78, 5) is 2.30. The molecule has 0 heterocycles. The number of nitrogens with one attached hydrogen (secondary N) is 1. The van der Waals surface area contributed by atoms with Crippen molar-refractivity contribution >= 4 is 11.8 Å². The van der Waals surface area contributed by atoms with Gasteiger partial charge in [0.05, 0.1) is 0 Å². The van der Waals surface area contributed by atoms with E-state index in [0.29, 0.717) is 5.75 Å². The summed E-state index contributed by atoms with van der Waals surface area (Å²) in [7, 11) is 0. The van der Waals surface area contributed by atoms with Gasteiger partial charge in [0.25, 0.3) is 0 Å². The number of halogens is 2. The lowest BCUT2D eigenvalue weighted by molar-refractivity contribution is 0.283. The monoisotopic (exact) mass is 204 g/mol. The minimum atomic E-state index is -0.438. The Balaban J connectivity index is 2.41. The van der Waals surface area contributed by atoms with Gasteiger partial charge in [-0.1, -0.05) is 0 Å². The number of benzene rings is 1. The van der Waals surface area contributed by atoms with Crippen LogP contribution in [-0.2, 0) is 0 Å². The van der Waals surface area contributed by atoms with E-state index < -0.39 is 6.17 Å². The Morgan fingerprint density at radius 2 is 2.08 bits per heavy atom. The summed E-state index contributed by atoms with van der Waals surface area (Å²) in [6, 6.07) is 5.68. The summed E-state index contributed by atoms with van der Waals surface area (Å²) in [6.07, 6.45) is -0.438. The molecule has 5 heteroatoms. The van der Waals surface area contributed by atoms with Crippen LogP contribution in [0.3, 0.4) is 0 Å². The predicted octanol–water partition coefficient (Wildman–Crippen LogP) is 1.23. The first-order valence-electron chi connectivity index (χ1n) is 3.72. The lowest BCUT2D eigenvalue weighted by atomic mass is 10.3. The molecule has 0 aromatic heterocycles. The van der Waals surface area contributed by atoms with Gasteiger partial charge in [-0.05, 0) is 36.0 Å². The number of nitrogens with two attached hydrogens (primary N) is 1. The molecule has 0 fully saturated rings. The molecule has 0 saturated heterocycles. The first-order valence-corrected chi connectivity index (χ1v) is 4.10. The zero-order chi connectivity index (χ0) is 9.68. The van der Waals surface area contributed by atoms with Crippen molar-refractivity contribution in [1.82, 2.24) is 4.84 Å². The van der Waals surface area contributed by atoms with Crippen molar-refractivity contribution < 1.29 is 9.13 Å². The Hall–Kier alpha value is -0.840. The summed E-state index contributed by atoms with van der Waals surface area (Å²) >= 11 is 5.23. The molecule has 3 N–H and O–H groups in total. The van der Waals surface area contributed by atoms with Crippen molar-refractivity contribution in [2.45, 2.75) is 6.17 Å². The fourth-order valence-electron chi connectivity index (χ4n) is 0.748. The van der Waals surface area contributed by atoms with E-state index in [9.17, 15) is 4.39 Å². The van der Waals surface area contributed by atoms with Crippen LogP contribution in [0.25, 0.3) is 0 Å². The molecule has 0 bridgehead atoms. The molecule has 3 nitrogen and oxygen atoms in total. The van der Waals surface area contributed by atoms with Gasteiger partial charge in [0.2, 0.25) is 0 Å². The largest absolute Gasteiger partial charge is 0.491 e. The van der Waals surface area contributed by atoms with Gasteiger partial charge < -0.3 is 10.5 Å². The third kappa shape index (κ3) is 3.59. The summed E-state index contributed by atoms with van der Waals surface area (Å²) < 4.78 is 17.6. The third-order valence-corrected chi connectivity index (χ3v) is 1.66. The highest BCUT2D eigenvalue weighted by molar-refractivity contribution is 6.13. The number of hydrogen-bond acceptors (Lipinski definition) is 3. The van der Waals surface area contributed by atoms with E-state index >= 15 is 0 Å². The van der Waals surface area contributed by atoms with Crippen molar-refractivity contribution in [3.8, 4) is 5.75 Å². The van der Waals surface area contributed by atoms with Gasteiger partial charge in [-0.3, -0.25) is 0 Å². The van der Waals surface area contributed by atoms with Crippen LogP contribution in [0, 0.1) is 5.82 Å². The zero-order valence-corrected chi connectivity index (χ0v) is 7.59. The topological polar surface area (TPSA) is 47.3 Å². The second kappa shape index (κ2) is 5.01. The standard InChI is InChI=1S/C8H10ClFN2O/c9-12-8(11)5-13-7-3-1-6(10)2-4-7/h1-4,8,12H,5,11H2. The fourth-order valence-corrected chi connectivity index (χ4v) is 0.811. The van der Waals surface area contributed by atoms with Gasteiger partial charge in [-0.2, -0.15) is 0 Å². The normalized spacial score (nSPS) is 12.5. The zero-order valence-electron chi connectivity index (χ0n) is 6.84. The predicted molar refractivity (Wildman–Crippen MR) is 48.9 cm³/mol. The molecule has 0 saturated carbocycles. The van der Waals surface area contributed by atoms with Crippen LogP contribution in [0.1, 0.15) is 0 Å². The first-order chi connectivity index (χ1) is 6.22. The smallest absolute Gasteiger partial charge is 0.123 e. The second-order valence-electron chi connectivity index (χ2n) is 2.48. The molecule has 1 aromatic rings. The summed E-state index contributed by atoms with van der Waals surface area (Å²) in [5, 5.41) is 0. The van der Waals surface area contributed by atoms with Crippen LogP contribution in [-0.4, -0.2) is 12.8 Å². The number of hydrogen-bond donors (Lipinski definition) is 2. The Labute approximate surface area is 80.7 Å². The Bertz CT molecular complexity index is 255. The average Bonchev–Trinajstić information content (AvgIpc) is 2.16. The van der Waals surface area contributed by atoms with Gasteiger partial charge in [0, 0.05) is 0 Å². The van der Waals surface area contributed by atoms with Crippen molar-refractivity contribution in [2.75, 3.05) is 6.61 Å². The van der Waals surface area contributed by atoms with E-state index in [1.807, 2.05) is 0 Å². The van der Waals surface area contributed by atoms with Crippen molar-refractivity contribution in [3.63, 3.8) is 0 Å². The molecule has 1 unspecified atom stereocenters. The highest BCUT2D eigenvalue weighted by Crippen LogP contribution is 2.10. The summed E-state index contributed by atoms with van der Waals surface area (Å²) in [6.45, 7) is 0.231. The van der Waals surface area contributed by atoms with E-state index in [-0.39, 0.29) is 12.4 Å². The minimum Gasteiger partial charge on any atom is -0.491 e. The Kier molecular flexibility index (Phi) is 3.95. The molecule has 0 amide bonds. The SMILES string of the molecule is NC(COc1ccc(F)cc1)NCl. The van der Waals surface area contributed by atoms with E-state index in [2.05, 4.69) is 4.84 Å².